The van der Waals surface area contributed by atoms with Crippen LogP contribution in [0.15, 0.2) is 47.3 Å². The predicted molar refractivity (Wildman–Crippen MR) is 57.5 cm³/mol. The lowest BCUT2D eigenvalue weighted by molar-refractivity contribution is 0.0963. The van der Waals surface area contributed by atoms with E-state index in [2.05, 4.69) is 5.32 Å². The summed E-state index contributed by atoms with van der Waals surface area (Å²) >= 11 is 0. The summed E-state index contributed by atoms with van der Waals surface area (Å²) in [5.74, 6) is -0.0752. The molecule has 1 N–H and O–H groups in total. The topological polar surface area (TPSA) is 42.2 Å². The van der Waals surface area contributed by atoms with Crippen LogP contribution >= 0.6 is 0 Å². The van der Waals surface area contributed by atoms with Crippen molar-refractivity contribution in [2.24, 2.45) is 0 Å². The first-order chi connectivity index (χ1) is 7.31. The van der Waals surface area contributed by atoms with Crippen LogP contribution in [0, 0.1) is 0 Å². The first-order valence-corrected chi connectivity index (χ1v) is 4.66. The van der Waals surface area contributed by atoms with Gasteiger partial charge in [0.25, 0.3) is 5.91 Å². The van der Waals surface area contributed by atoms with E-state index in [1.807, 2.05) is 18.2 Å². The molecule has 0 bridgehead atoms. The van der Waals surface area contributed by atoms with Crippen molar-refractivity contribution in [1.29, 1.82) is 0 Å². The average Bonchev–Trinajstić information content (AvgIpc) is 2.82. The Bertz CT molecular complexity index is 443. The van der Waals surface area contributed by atoms with Crippen LogP contribution in [0.2, 0.25) is 0 Å². The van der Waals surface area contributed by atoms with Gasteiger partial charge in [0.15, 0.2) is 0 Å². The Morgan fingerprint density at radius 1 is 1.13 bits per heavy atom. The average molecular weight is 201 g/mol. The zero-order valence-electron chi connectivity index (χ0n) is 8.36. The van der Waals surface area contributed by atoms with E-state index in [9.17, 15) is 4.79 Å². The van der Waals surface area contributed by atoms with Crippen molar-refractivity contribution in [3.05, 3.63) is 48.4 Å². The maximum absolute atomic E-state index is 11.3. The minimum Gasteiger partial charge on any atom is -0.472 e. The van der Waals surface area contributed by atoms with E-state index in [1.165, 1.54) is 0 Å². The van der Waals surface area contributed by atoms with Crippen LogP contribution in [0.1, 0.15) is 10.4 Å². The molecule has 3 heteroatoms. The molecule has 0 spiro atoms. The van der Waals surface area contributed by atoms with Gasteiger partial charge in [-0.2, -0.15) is 0 Å². The van der Waals surface area contributed by atoms with E-state index in [4.69, 9.17) is 4.42 Å². The van der Waals surface area contributed by atoms with Crippen LogP contribution in [-0.2, 0) is 0 Å². The fourth-order valence-electron chi connectivity index (χ4n) is 1.39. The second-order valence-corrected chi connectivity index (χ2v) is 3.17. The Hall–Kier alpha value is -2.03. The molecular weight excluding hydrogens is 190 g/mol. The van der Waals surface area contributed by atoms with Crippen molar-refractivity contribution in [2.45, 2.75) is 0 Å². The molecule has 1 amide bonds. The van der Waals surface area contributed by atoms with Gasteiger partial charge >= 0.3 is 0 Å². The lowest BCUT2D eigenvalue weighted by Crippen LogP contribution is -2.17. The first-order valence-electron chi connectivity index (χ1n) is 4.66. The maximum Gasteiger partial charge on any atom is 0.251 e. The molecule has 2 rings (SSSR count). The normalized spacial score (nSPS) is 9.93. The van der Waals surface area contributed by atoms with Crippen molar-refractivity contribution in [1.82, 2.24) is 5.32 Å². The fraction of sp³-hybridized carbons (Fsp3) is 0.0833. The molecule has 0 atom stereocenters. The van der Waals surface area contributed by atoms with Crippen molar-refractivity contribution in [3.8, 4) is 11.1 Å². The third-order valence-electron chi connectivity index (χ3n) is 2.23. The molecule has 1 heterocycles. The lowest BCUT2D eigenvalue weighted by Gasteiger charge is -2.00. The summed E-state index contributed by atoms with van der Waals surface area (Å²) in [6.45, 7) is 0. The third-order valence-corrected chi connectivity index (χ3v) is 2.23. The van der Waals surface area contributed by atoms with Gasteiger partial charge in [-0.1, -0.05) is 12.1 Å². The Balaban J connectivity index is 2.29. The summed E-state index contributed by atoms with van der Waals surface area (Å²) in [5, 5.41) is 2.58. The largest absolute Gasteiger partial charge is 0.472 e. The van der Waals surface area contributed by atoms with E-state index in [0.717, 1.165) is 11.1 Å². The molecule has 0 unspecified atom stereocenters. The van der Waals surface area contributed by atoms with Crippen LogP contribution in [0.3, 0.4) is 0 Å². The van der Waals surface area contributed by atoms with E-state index < -0.39 is 0 Å². The third kappa shape index (κ3) is 1.91. The summed E-state index contributed by atoms with van der Waals surface area (Å²) in [5.41, 5.74) is 2.71. The Labute approximate surface area is 87.7 Å². The number of nitrogens with one attached hydrogen (secondary N) is 1. The highest BCUT2D eigenvalue weighted by molar-refractivity contribution is 5.94. The van der Waals surface area contributed by atoms with Crippen molar-refractivity contribution in [2.75, 3.05) is 7.05 Å². The summed E-state index contributed by atoms with van der Waals surface area (Å²) < 4.78 is 4.99. The summed E-state index contributed by atoms with van der Waals surface area (Å²) in [6.07, 6.45) is 3.30. The molecule has 1 aromatic heterocycles. The van der Waals surface area contributed by atoms with Gasteiger partial charge in [-0.05, 0) is 23.8 Å². The van der Waals surface area contributed by atoms with E-state index in [0.29, 0.717) is 5.56 Å². The van der Waals surface area contributed by atoms with Gasteiger partial charge in [-0.3, -0.25) is 4.79 Å². The molecule has 0 aliphatic heterocycles. The van der Waals surface area contributed by atoms with Gasteiger partial charge in [0.2, 0.25) is 0 Å². The number of amides is 1. The molecule has 0 fully saturated rings. The molecule has 76 valence electrons. The number of carbonyl (C=O) groups is 1. The van der Waals surface area contributed by atoms with Crippen LogP contribution in [0.25, 0.3) is 11.1 Å². The zero-order chi connectivity index (χ0) is 10.7. The molecule has 1 aromatic carbocycles. The van der Waals surface area contributed by atoms with Crippen LogP contribution in [0.5, 0.6) is 0 Å². The predicted octanol–water partition coefficient (Wildman–Crippen LogP) is 2.31. The second kappa shape index (κ2) is 4.00. The highest BCUT2D eigenvalue weighted by atomic mass is 16.3. The molecule has 2 aromatic rings. The number of furan rings is 1. The van der Waals surface area contributed by atoms with Gasteiger partial charge in [0, 0.05) is 18.2 Å². The summed E-state index contributed by atoms with van der Waals surface area (Å²) in [4.78, 5) is 11.3. The molecule has 0 saturated carbocycles. The van der Waals surface area contributed by atoms with Gasteiger partial charge < -0.3 is 9.73 Å². The Morgan fingerprint density at radius 3 is 2.40 bits per heavy atom. The second-order valence-electron chi connectivity index (χ2n) is 3.17. The molecule has 0 aliphatic rings. The number of rotatable bonds is 2. The molecule has 0 aliphatic carbocycles. The van der Waals surface area contributed by atoms with Crippen LogP contribution in [0.4, 0.5) is 0 Å². The summed E-state index contributed by atoms with van der Waals surface area (Å²) in [6, 6.07) is 9.27. The number of carbonyl (C=O) groups excluding carboxylic acids is 1. The van der Waals surface area contributed by atoms with Gasteiger partial charge in [0.1, 0.15) is 0 Å². The highest BCUT2D eigenvalue weighted by Gasteiger charge is 2.03. The maximum atomic E-state index is 11.3. The molecule has 0 radical (unpaired) electrons. The van der Waals surface area contributed by atoms with Gasteiger partial charge in [-0.25, -0.2) is 0 Å². The molecule has 0 saturated heterocycles. The van der Waals surface area contributed by atoms with Crippen LogP contribution < -0.4 is 5.32 Å². The molecule has 15 heavy (non-hydrogen) atoms. The quantitative estimate of drug-likeness (QED) is 0.810. The van der Waals surface area contributed by atoms with Gasteiger partial charge in [-0.15, -0.1) is 0 Å². The van der Waals surface area contributed by atoms with E-state index in [-0.39, 0.29) is 5.91 Å². The lowest BCUT2D eigenvalue weighted by atomic mass is 10.1. The Morgan fingerprint density at radius 2 is 1.87 bits per heavy atom. The molecule has 3 nitrogen and oxygen atoms in total. The highest BCUT2D eigenvalue weighted by Crippen LogP contribution is 2.19. The van der Waals surface area contributed by atoms with Gasteiger partial charge in [0.05, 0.1) is 12.5 Å². The monoisotopic (exact) mass is 201 g/mol. The summed E-state index contributed by atoms with van der Waals surface area (Å²) in [7, 11) is 1.62. The number of hydrogen-bond acceptors (Lipinski definition) is 2. The van der Waals surface area contributed by atoms with E-state index in [1.54, 1.807) is 31.7 Å². The van der Waals surface area contributed by atoms with Crippen molar-refractivity contribution >= 4 is 5.91 Å². The zero-order valence-corrected chi connectivity index (χ0v) is 8.36. The minimum atomic E-state index is -0.0752. The van der Waals surface area contributed by atoms with E-state index >= 15 is 0 Å². The van der Waals surface area contributed by atoms with Crippen molar-refractivity contribution < 1.29 is 9.21 Å². The minimum absolute atomic E-state index is 0.0752. The van der Waals surface area contributed by atoms with Crippen LogP contribution in [-0.4, -0.2) is 13.0 Å². The molecular formula is C12H11NO2. The Kier molecular flexibility index (Phi) is 2.54. The number of hydrogen-bond donors (Lipinski definition) is 1. The number of benzene rings is 1. The first kappa shape index (κ1) is 9.52. The standard InChI is InChI=1S/C12H11NO2/c1-13-12(14)10-4-2-9(3-5-10)11-6-7-15-8-11/h2-8H,1H3,(H,13,14). The SMILES string of the molecule is CNC(=O)c1ccc(-c2ccoc2)cc1. The smallest absolute Gasteiger partial charge is 0.251 e. The fourth-order valence-corrected chi connectivity index (χ4v) is 1.39. The van der Waals surface area contributed by atoms with Crippen molar-refractivity contribution in [3.63, 3.8) is 0 Å².